The number of aryl methyl sites for hydroxylation is 1. The van der Waals surface area contributed by atoms with Crippen molar-refractivity contribution in [3.05, 3.63) is 46.8 Å². The summed E-state index contributed by atoms with van der Waals surface area (Å²) in [7, 11) is 0. The highest BCUT2D eigenvalue weighted by Crippen LogP contribution is 2.24. The minimum atomic E-state index is 0.968. The minimum Gasteiger partial charge on any atom is -0.246 e. The van der Waals surface area contributed by atoms with Gasteiger partial charge in [0.05, 0.1) is 22.4 Å². The highest BCUT2D eigenvalue weighted by atomic mass is 32.1. The SMILES string of the molecule is CCc1cc(-c2cscn2)nc2ccccc12. The van der Waals surface area contributed by atoms with Crippen LogP contribution in [0.25, 0.3) is 22.3 Å². The zero-order valence-electron chi connectivity index (χ0n) is 9.55. The van der Waals surface area contributed by atoms with E-state index in [1.807, 2.05) is 17.0 Å². The Hall–Kier alpha value is -1.74. The van der Waals surface area contributed by atoms with E-state index in [-0.39, 0.29) is 0 Å². The van der Waals surface area contributed by atoms with Crippen LogP contribution in [-0.4, -0.2) is 9.97 Å². The maximum absolute atomic E-state index is 4.67. The fourth-order valence-electron chi connectivity index (χ4n) is 2.01. The lowest BCUT2D eigenvalue weighted by Crippen LogP contribution is -1.91. The number of nitrogens with zero attached hydrogens (tertiary/aromatic N) is 2. The molecule has 3 rings (SSSR count). The van der Waals surface area contributed by atoms with Crippen LogP contribution in [0.4, 0.5) is 0 Å². The van der Waals surface area contributed by atoms with Gasteiger partial charge in [0.25, 0.3) is 0 Å². The molecular formula is C14H12N2S. The molecule has 0 saturated carbocycles. The summed E-state index contributed by atoms with van der Waals surface area (Å²) in [5.74, 6) is 0. The summed E-state index contributed by atoms with van der Waals surface area (Å²) in [6, 6.07) is 10.4. The van der Waals surface area contributed by atoms with Gasteiger partial charge in [-0.3, -0.25) is 0 Å². The molecule has 0 aliphatic rings. The van der Waals surface area contributed by atoms with Crippen molar-refractivity contribution in [1.29, 1.82) is 0 Å². The van der Waals surface area contributed by atoms with Gasteiger partial charge < -0.3 is 0 Å². The van der Waals surface area contributed by atoms with E-state index >= 15 is 0 Å². The van der Waals surface area contributed by atoms with Crippen molar-refractivity contribution in [1.82, 2.24) is 9.97 Å². The summed E-state index contributed by atoms with van der Waals surface area (Å²) in [5.41, 5.74) is 6.17. The van der Waals surface area contributed by atoms with Crippen LogP contribution in [0.15, 0.2) is 41.2 Å². The van der Waals surface area contributed by atoms with E-state index in [1.165, 1.54) is 10.9 Å². The number of hydrogen-bond acceptors (Lipinski definition) is 3. The van der Waals surface area contributed by atoms with E-state index < -0.39 is 0 Å². The lowest BCUT2D eigenvalue weighted by atomic mass is 10.0. The molecule has 17 heavy (non-hydrogen) atoms. The van der Waals surface area contributed by atoms with Crippen molar-refractivity contribution < 1.29 is 0 Å². The van der Waals surface area contributed by atoms with Crippen LogP contribution in [0.2, 0.25) is 0 Å². The van der Waals surface area contributed by atoms with Crippen molar-refractivity contribution in [2.45, 2.75) is 13.3 Å². The quantitative estimate of drug-likeness (QED) is 0.678. The Morgan fingerprint density at radius 3 is 2.82 bits per heavy atom. The van der Waals surface area contributed by atoms with E-state index in [0.29, 0.717) is 0 Å². The average molecular weight is 240 g/mol. The van der Waals surface area contributed by atoms with Crippen LogP contribution in [0, 0.1) is 0 Å². The molecule has 0 atom stereocenters. The van der Waals surface area contributed by atoms with Gasteiger partial charge in [-0.25, -0.2) is 9.97 Å². The summed E-state index contributed by atoms with van der Waals surface area (Å²) in [4.78, 5) is 9.00. The molecule has 0 aliphatic heterocycles. The van der Waals surface area contributed by atoms with Crippen LogP contribution < -0.4 is 0 Å². The first kappa shape index (κ1) is 10.4. The number of pyridine rings is 1. The Kier molecular flexibility index (Phi) is 2.61. The van der Waals surface area contributed by atoms with E-state index in [9.17, 15) is 0 Å². The molecule has 84 valence electrons. The van der Waals surface area contributed by atoms with Crippen molar-refractivity contribution in [3.8, 4) is 11.4 Å². The smallest absolute Gasteiger partial charge is 0.0995 e. The van der Waals surface area contributed by atoms with Gasteiger partial charge in [0, 0.05) is 10.8 Å². The molecule has 0 aliphatic carbocycles. The van der Waals surface area contributed by atoms with Gasteiger partial charge in [0.2, 0.25) is 0 Å². The molecule has 0 unspecified atom stereocenters. The van der Waals surface area contributed by atoms with Gasteiger partial charge in [-0.2, -0.15) is 0 Å². The third-order valence-electron chi connectivity index (χ3n) is 2.88. The van der Waals surface area contributed by atoms with Crippen molar-refractivity contribution >= 4 is 22.2 Å². The molecule has 0 amide bonds. The molecule has 3 heteroatoms. The van der Waals surface area contributed by atoms with Crippen LogP contribution in [0.3, 0.4) is 0 Å². The molecule has 3 aromatic rings. The maximum Gasteiger partial charge on any atom is 0.0995 e. The molecule has 0 saturated heterocycles. The van der Waals surface area contributed by atoms with Crippen molar-refractivity contribution in [3.63, 3.8) is 0 Å². The van der Waals surface area contributed by atoms with Gasteiger partial charge in [-0.05, 0) is 24.1 Å². The zero-order chi connectivity index (χ0) is 11.7. The van der Waals surface area contributed by atoms with Crippen molar-refractivity contribution in [2.24, 2.45) is 0 Å². The molecule has 0 N–H and O–H groups in total. The maximum atomic E-state index is 4.67. The monoisotopic (exact) mass is 240 g/mol. The lowest BCUT2D eigenvalue weighted by molar-refractivity contribution is 1.15. The van der Waals surface area contributed by atoms with E-state index in [1.54, 1.807) is 11.3 Å². The number of rotatable bonds is 2. The Bertz CT molecular complexity index is 644. The topological polar surface area (TPSA) is 25.8 Å². The Morgan fingerprint density at radius 1 is 1.18 bits per heavy atom. The van der Waals surface area contributed by atoms with Crippen LogP contribution in [-0.2, 0) is 6.42 Å². The van der Waals surface area contributed by atoms with Gasteiger partial charge in [-0.15, -0.1) is 11.3 Å². The predicted octanol–water partition coefficient (Wildman–Crippen LogP) is 3.92. The molecule has 2 heterocycles. The first-order chi connectivity index (χ1) is 8.38. The molecule has 2 aromatic heterocycles. The third-order valence-corrected chi connectivity index (χ3v) is 3.46. The van der Waals surface area contributed by atoms with Gasteiger partial charge >= 0.3 is 0 Å². The molecule has 0 spiro atoms. The molecule has 2 nitrogen and oxygen atoms in total. The number of benzene rings is 1. The van der Waals surface area contributed by atoms with E-state index in [4.69, 9.17) is 0 Å². The largest absolute Gasteiger partial charge is 0.246 e. The van der Waals surface area contributed by atoms with Crippen LogP contribution in [0.1, 0.15) is 12.5 Å². The van der Waals surface area contributed by atoms with Crippen molar-refractivity contribution in [2.75, 3.05) is 0 Å². The molecule has 1 aromatic carbocycles. The third kappa shape index (κ3) is 1.83. The highest BCUT2D eigenvalue weighted by molar-refractivity contribution is 7.07. The average Bonchev–Trinajstić information content (AvgIpc) is 2.91. The summed E-state index contributed by atoms with van der Waals surface area (Å²) in [6.07, 6.45) is 1.01. The summed E-state index contributed by atoms with van der Waals surface area (Å²) in [6.45, 7) is 2.17. The molecule has 0 bridgehead atoms. The lowest BCUT2D eigenvalue weighted by Gasteiger charge is -2.06. The normalized spacial score (nSPS) is 10.9. The minimum absolute atomic E-state index is 0.968. The molecule has 0 fully saturated rings. The summed E-state index contributed by atoms with van der Waals surface area (Å²) >= 11 is 1.60. The first-order valence-corrected chi connectivity index (χ1v) is 6.60. The van der Waals surface area contributed by atoms with Gasteiger partial charge in [-0.1, -0.05) is 25.1 Å². The number of aromatic nitrogens is 2. The molecular weight excluding hydrogens is 228 g/mol. The predicted molar refractivity (Wildman–Crippen MR) is 72.2 cm³/mol. The van der Waals surface area contributed by atoms with Gasteiger partial charge in [0.15, 0.2) is 0 Å². The van der Waals surface area contributed by atoms with Gasteiger partial charge in [0.1, 0.15) is 0 Å². The fraction of sp³-hybridized carbons (Fsp3) is 0.143. The second-order valence-electron chi connectivity index (χ2n) is 3.91. The fourth-order valence-corrected chi connectivity index (χ4v) is 2.56. The Labute approximate surface area is 104 Å². The first-order valence-electron chi connectivity index (χ1n) is 5.65. The Balaban J connectivity index is 2.28. The van der Waals surface area contributed by atoms with Crippen LogP contribution >= 0.6 is 11.3 Å². The number of thiazole rings is 1. The zero-order valence-corrected chi connectivity index (χ0v) is 10.4. The summed E-state index contributed by atoms with van der Waals surface area (Å²) in [5, 5.41) is 3.28. The number of hydrogen-bond donors (Lipinski definition) is 0. The standard InChI is InChI=1S/C14H12N2S/c1-2-10-7-13(14-8-17-9-15-14)16-12-6-4-3-5-11(10)12/h3-9H,2H2,1H3. The summed E-state index contributed by atoms with van der Waals surface area (Å²) < 4.78 is 0. The second kappa shape index (κ2) is 4.26. The van der Waals surface area contributed by atoms with E-state index in [2.05, 4.69) is 41.2 Å². The number of fused-ring (bicyclic) bond motifs is 1. The van der Waals surface area contributed by atoms with Crippen LogP contribution in [0.5, 0.6) is 0 Å². The molecule has 0 radical (unpaired) electrons. The number of para-hydroxylation sites is 1. The van der Waals surface area contributed by atoms with E-state index in [0.717, 1.165) is 23.3 Å². The Morgan fingerprint density at radius 2 is 2.06 bits per heavy atom. The second-order valence-corrected chi connectivity index (χ2v) is 4.63. The highest BCUT2D eigenvalue weighted by Gasteiger charge is 2.07.